The van der Waals surface area contributed by atoms with Gasteiger partial charge in [-0.25, -0.2) is 0 Å². The molecule has 0 aromatic carbocycles. The smallest absolute Gasteiger partial charge is 0.129 e. The molecule has 1 rings (SSSR count). The van der Waals surface area contributed by atoms with E-state index in [4.69, 9.17) is 4.74 Å². The van der Waals surface area contributed by atoms with E-state index in [2.05, 4.69) is 25.7 Å². The summed E-state index contributed by atoms with van der Waals surface area (Å²) >= 11 is 0. The van der Waals surface area contributed by atoms with E-state index in [1.54, 1.807) is 6.92 Å². The van der Waals surface area contributed by atoms with Gasteiger partial charge in [0.2, 0.25) is 0 Å². The van der Waals surface area contributed by atoms with Crippen LogP contribution in [0.15, 0.2) is 0 Å². The first-order valence-corrected chi connectivity index (χ1v) is 6.75. The number of carbonyl (C=O) groups excluding carboxylic acids is 1. The van der Waals surface area contributed by atoms with E-state index in [9.17, 15) is 4.79 Å². The quantitative estimate of drug-likeness (QED) is 0.670. The van der Waals surface area contributed by atoms with Crippen molar-refractivity contribution in [2.75, 3.05) is 19.7 Å². The molecule has 0 aromatic rings. The van der Waals surface area contributed by atoms with Gasteiger partial charge in [0.1, 0.15) is 5.78 Å². The SMILES string of the molecule is CC(=O)CCCCO[C@@H]1CCN(C(C)(C)C)C1. The van der Waals surface area contributed by atoms with Gasteiger partial charge in [-0.2, -0.15) is 0 Å². The molecule has 0 spiro atoms. The van der Waals surface area contributed by atoms with Crippen molar-refractivity contribution in [3.8, 4) is 0 Å². The molecular formula is C14H27NO2. The van der Waals surface area contributed by atoms with Crippen molar-refractivity contribution in [3.05, 3.63) is 0 Å². The van der Waals surface area contributed by atoms with E-state index >= 15 is 0 Å². The third kappa shape index (κ3) is 5.64. The van der Waals surface area contributed by atoms with Crippen molar-refractivity contribution in [1.82, 2.24) is 4.90 Å². The number of carbonyl (C=O) groups is 1. The van der Waals surface area contributed by atoms with Crippen molar-refractivity contribution in [2.45, 2.75) is 65.0 Å². The fraction of sp³-hybridized carbons (Fsp3) is 0.929. The van der Waals surface area contributed by atoms with Crippen LogP contribution in [-0.4, -0.2) is 42.0 Å². The van der Waals surface area contributed by atoms with Gasteiger partial charge < -0.3 is 9.53 Å². The Morgan fingerprint density at radius 1 is 1.35 bits per heavy atom. The Hall–Kier alpha value is -0.410. The van der Waals surface area contributed by atoms with Crippen LogP contribution in [0.4, 0.5) is 0 Å². The maximum atomic E-state index is 10.8. The lowest BCUT2D eigenvalue weighted by atomic mass is 10.1. The maximum Gasteiger partial charge on any atom is 0.129 e. The highest BCUT2D eigenvalue weighted by molar-refractivity contribution is 5.75. The second-order valence-corrected chi connectivity index (χ2v) is 6.06. The number of Topliss-reactive ketones (excluding diaryl/α,β-unsaturated/α-hetero) is 1. The lowest BCUT2D eigenvalue weighted by Crippen LogP contribution is -2.40. The number of rotatable bonds is 6. The number of unbranched alkanes of at least 4 members (excludes halogenated alkanes) is 1. The summed E-state index contributed by atoms with van der Waals surface area (Å²) in [7, 11) is 0. The molecule has 17 heavy (non-hydrogen) atoms. The van der Waals surface area contributed by atoms with Crippen molar-refractivity contribution in [1.29, 1.82) is 0 Å². The Morgan fingerprint density at radius 2 is 2.06 bits per heavy atom. The second kappa shape index (κ2) is 6.50. The number of hydrogen-bond donors (Lipinski definition) is 0. The van der Waals surface area contributed by atoms with Crippen molar-refractivity contribution in [3.63, 3.8) is 0 Å². The Labute approximate surface area is 106 Å². The van der Waals surface area contributed by atoms with E-state index in [0.717, 1.165) is 39.0 Å². The predicted molar refractivity (Wildman–Crippen MR) is 70.2 cm³/mol. The van der Waals surface area contributed by atoms with Crippen LogP contribution in [0.1, 0.15) is 53.4 Å². The Kier molecular flexibility index (Phi) is 5.60. The minimum atomic E-state index is 0.257. The summed E-state index contributed by atoms with van der Waals surface area (Å²) in [5.74, 6) is 0.282. The first-order valence-electron chi connectivity index (χ1n) is 6.75. The van der Waals surface area contributed by atoms with Gasteiger partial charge in [-0.15, -0.1) is 0 Å². The Balaban J connectivity index is 2.08. The van der Waals surface area contributed by atoms with Gasteiger partial charge in [0.25, 0.3) is 0 Å². The van der Waals surface area contributed by atoms with Crippen molar-refractivity contribution < 1.29 is 9.53 Å². The molecule has 3 nitrogen and oxygen atoms in total. The average molecular weight is 241 g/mol. The molecule has 0 amide bonds. The number of likely N-dealkylation sites (tertiary alicyclic amines) is 1. The van der Waals surface area contributed by atoms with Gasteiger partial charge in [-0.3, -0.25) is 4.90 Å². The predicted octanol–water partition coefficient (Wildman–Crippen LogP) is 2.64. The van der Waals surface area contributed by atoms with Crippen molar-refractivity contribution >= 4 is 5.78 Å². The number of hydrogen-bond acceptors (Lipinski definition) is 3. The molecule has 0 aromatic heterocycles. The first-order chi connectivity index (χ1) is 7.89. The van der Waals surface area contributed by atoms with Gasteiger partial charge in [0, 0.05) is 31.7 Å². The molecule has 3 heteroatoms. The van der Waals surface area contributed by atoms with Crippen LogP contribution >= 0.6 is 0 Å². The minimum Gasteiger partial charge on any atom is -0.377 e. The highest BCUT2D eigenvalue weighted by Crippen LogP contribution is 2.22. The molecule has 0 bridgehead atoms. The highest BCUT2D eigenvalue weighted by atomic mass is 16.5. The van der Waals surface area contributed by atoms with Gasteiger partial charge in [0.15, 0.2) is 0 Å². The van der Waals surface area contributed by atoms with E-state index in [1.807, 2.05) is 0 Å². The molecule has 1 fully saturated rings. The van der Waals surface area contributed by atoms with Crippen LogP contribution < -0.4 is 0 Å². The van der Waals surface area contributed by atoms with E-state index in [0.29, 0.717) is 12.5 Å². The van der Waals surface area contributed by atoms with Crippen LogP contribution in [0.2, 0.25) is 0 Å². The maximum absolute atomic E-state index is 10.8. The molecule has 1 aliphatic rings. The monoisotopic (exact) mass is 241 g/mol. The van der Waals surface area contributed by atoms with E-state index in [1.165, 1.54) is 0 Å². The first kappa shape index (κ1) is 14.7. The summed E-state index contributed by atoms with van der Waals surface area (Å²) in [5.41, 5.74) is 0.257. The highest BCUT2D eigenvalue weighted by Gasteiger charge is 2.30. The third-order valence-corrected chi connectivity index (χ3v) is 3.37. The van der Waals surface area contributed by atoms with Gasteiger partial charge in [-0.1, -0.05) is 0 Å². The molecule has 0 radical (unpaired) electrons. The molecule has 1 atom stereocenters. The Morgan fingerprint density at radius 3 is 2.59 bits per heavy atom. The topological polar surface area (TPSA) is 29.5 Å². The van der Waals surface area contributed by atoms with E-state index in [-0.39, 0.29) is 11.3 Å². The lowest BCUT2D eigenvalue weighted by Gasteiger charge is -2.31. The fourth-order valence-electron chi connectivity index (χ4n) is 2.20. The molecule has 100 valence electrons. The number of nitrogens with zero attached hydrogens (tertiary/aromatic N) is 1. The minimum absolute atomic E-state index is 0.257. The third-order valence-electron chi connectivity index (χ3n) is 3.37. The van der Waals surface area contributed by atoms with Crippen molar-refractivity contribution in [2.24, 2.45) is 0 Å². The molecule has 0 saturated carbocycles. The summed E-state index contributed by atoms with van der Waals surface area (Å²) in [6.45, 7) is 11.4. The average Bonchev–Trinajstić information content (AvgIpc) is 2.64. The summed E-state index contributed by atoms with van der Waals surface area (Å²) in [4.78, 5) is 13.2. The van der Waals surface area contributed by atoms with Gasteiger partial charge in [-0.05, 0) is 47.0 Å². The van der Waals surface area contributed by atoms with E-state index < -0.39 is 0 Å². The zero-order chi connectivity index (χ0) is 12.9. The summed E-state index contributed by atoms with van der Waals surface area (Å²) in [6, 6.07) is 0. The summed E-state index contributed by atoms with van der Waals surface area (Å²) < 4.78 is 5.86. The fourth-order valence-corrected chi connectivity index (χ4v) is 2.20. The van der Waals surface area contributed by atoms with Crippen LogP contribution in [0.5, 0.6) is 0 Å². The van der Waals surface area contributed by atoms with Crippen LogP contribution in [0.25, 0.3) is 0 Å². The molecular weight excluding hydrogens is 214 g/mol. The molecule has 1 saturated heterocycles. The zero-order valence-corrected chi connectivity index (χ0v) is 11.8. The molecule has 1 aliphatic heterocycles. The molecule has 1 heterocycles. The molecule has 0 unspecified atom stereocenters. The second-order valence-electron chi connectivity index (χ2n) is 6.06. The van der Waals surface area contributed by atoms with Crippen LogP contribution in [0.3, 0.4) is 0 Å². The largest absolute Gasteiger partial charge is 0.377 e. The zero-order valence-electron chi connectivity index (χ0n) is 11.8. The summed E-state index contributed by atoms with van der Waals surface area (Å²) in [5, 5.41) is 0. The standard InChI is InChI=1S/C14H27NO2/c1-12(16)7-5-6-10-17-13-8-9-15(11-13)14(2,3)4/h13H,5-11H2,1-4H3/t13-/m1/s1. The molecule has 0 aliphatic carbocycles. The summed E-state index contributed by atoms with van der Waals surface area (Å²) in [6.07, 6.45) is 4.20. The lowest BCUT2D eigenvalue weighted by molar-refractivity contribution is -0.117. The normalized spacial score (nSPS) is 22.0. The van der Waals surface area contributed by atoms with Gasteiger partial charge >= 0.3 is 0 Å². The van der Waals surface area contributed by atoms with Crippen LogP contribution in [-0.2, 0) is 9.53 Å². The Bertz CT molecular complexity index is 245. The number of ether oxygens (including phenoxy) is 1. The number of ketones is 1. The van der Waals surface area contributed by atoms with Gasteiger partial charge in [0.05, 0.1) is 6.10 Å². The molecule has 0 N–H and O–H groups in total. The van der Waals surface area contributed by atoms with Crippen LogP contribution in [0, 0.1) is 0 Å².